The van der Waals surface area contributed by atoms with Gasteiger partial charge < -0.3 is 9.84 Å². The molecule has 1 aromatic rings. The van der Waals surface area contributed by atoms with E-state index in [1.54, 1.807) is 19.1 Å². The molecule has 0 aliphatic heterocycles. The number of halogens is 3. The standard InChI is InChI=1S/C10H11F3O2/c1-2-7-4-3-5-8(6-14)9(7)15-10(11,12)13/h3-5,14H,2,6H2,1H3. The molecule has 0 aliphatic carbocycles. The summed E-state index contributed by atoms with van der Waals surface area (Å²) in [5.41, 5.74) is 0.575. The molecule has 0 bridgehead atoms. The van der Waals surface area contributed by atoms with Crippen molar-refractivity contribution in [1.29, 1.82) is 0 Å². The van der Waals surface area contributed by atoms with Crippen LogP contribution in [0.1, 0.15) is 18.1 Å². The zero-order chi connectivity index (χ0) is 11.5. The van der Waals surface area contributed by atoms with Crippen molar-refractivity contribution >= 4 is 0 Å². The highest BCUT2D eigenvalue weighted by molar-refractivity contribution is 5.41. The summed E-state index contributed by atoms with van der Waals surface area (Å²) in [4.78, 5) is 0. The van der Waals surface area contributed by atoms with Crippen molar-refractivity contribution in [3.63, 3.8) is 0 Å². The van der Waals surface area contributed by atoms with Gasteiger partial charge in [0.1, 0.15) is 5.75 Å². The lowest BCUT2D eigenvalue weighted by Crippen LogP contribution is -2.19. The zero-order valence-corrected chi connectivity index (χ0v) is 8.14. The average Bonchev–Trinajstić information content (AvgIpc) is 2.16. The molecule has 0 saturated heterocycles. The molecule has 0 aliphatic rings. The van der Waals surface area contributed by atoms with Crippen LogP contribution in [0.4, 0.5) is 13.2 Å². The van der Waals surface area contributed by atoms with E-state index in [0.29, 0.717) is 12.0 Å². The van der Waals surface area contributed by atoms with Crippen molar-refractivity contribution in [3.05, 3.63) is 29.3 Å². The Labute approximate surface area is 85.3 Å². The first kappa shape index (κ1) is 11.8. The molecule has 0 radical (unpaired) electrons. The summed E-state index contributed by atoms with van der Waals surface area (Å²) in [6.07, 6.45) is -4.31. The molecule has 0 aromatic heterocycles. The minimum absolute atomic E-state index is 0.145. The molecule has 2 nitrogen and oxygen atoms in total. The summed E-state index contributed by atoms with van der Waals surface area (Å²) in [7, 11) is 0. The van der Waals surface area contributed by atoms with Crippen LogP contribution in [0.15, 0.2) is 18.2 Å². The van der Waals surface area contributed by atoms with Gasteiger partial charge in [0.05, 0.1) is 6.61 Å². The Morgan fingerprint density at radius 2 is 1.87 bits per heavy atom. The largest absolute Gasteiger partial charge is 0.573 e. The van der Waals surface area contributed by atoms with Crippen LogP contribution in [-0.4, -0.2) is 11.5 Å². The number of alkyl halides is 3. The first-order valence-corrected chi connectivity index (χ1v) is 4.45. The molecule has 0 heterocycles. The van der Waals surface area contributed by atoms with Crippen LogP contribution in [0.25, 0.3) is 0 Å². The number of para-hydroxylation sites is 1. The van der Waals surface area contributed by atoms with Gasteiger partial charge in [0, 0.05) is 5.56 Å². The Hall–Kier alpha value is -1.23. The Morgan fingerprint density at radius 3 is 2.33 bits per heavy atom. The highest BCUT2D eigenvalue weighted by Gasteiger charge is 2.32. The van der Waals surface area contributed by atoms with Gasteiger partial charge in [-0.1, -0.05) is 25.1 Å². The summed E-state index contributed by atoms with van der Waals surface area (Å²) in [6, 6.07) is 4.54. The molecule has 1 rings (SSSR count). The Morgan fingerprint density at radius 1 is 1.27 bits per heavy atom. The number of aryl methyl sites for hydroxylation is 1. The normalized spacial score (nSPS) is 11.5. The fourth-order valence-electron chi connectivity index (χ4n) is 1.29. The minimum atomic E-state index is -4.73. The van der Waals surface area contributed by atoms with Crippen LogP contribution in [0.2, 0.25) is 0 Å². The topological polar surface area (TPSA) is 29.5 Å². The highest BCUT2D eigenvalue weighted by Crippen LogP contribution is 2.30. The van der Waals surface area contributed by atoms with Gasteiger partial charge in [0.15, 0.2) is 0 Å². The summed E-state index contributed by atoms with van der Waals surface area (Å²) >= 11 is 0. The maximum Gasteiger partial charge on any atom is 0.573 e. The molecule has 0 amide bonds. The first-order chi connectivity index (χ1) is 6.98. The number of aliphatic hydroxyl groups excluding tert-OH is 1. The van der Waals surface area contributed by atoms with Crippen molar-refractivity contribution in [1.82, 2.24) is 0 Å². The molecule has 0 saturated carbocycles. The van der Waals surface area contributed by atoms with Crippen molar-refractivity contribution < 1.29 is 23.0 Å². The van der Waals surface area contributed by atoms with Crippen molar-refractivity contribution in [2.24, 2.45) is 0 Å². The predicted molar refractivity (Wildman–Crippen MR) is 48.4 cm³/mol. The summed E-state index contributed by atoms with van der Waals surface area (Å²) < 4.78 is 40.1. The highest BCUT2D eigenvalue weighted by atomic mass is 19.4. The second kappa shape index (κ2) is 4.53. The number of hydrogen-bond acceptors (Lipinski definition) is 2. The van der Waals surface area contributed by atoms with E-state index in [-0.39, 0.29) is 11.3 Å². The predicted octanol–water partition coefficient (Wildman–Crippen LogP) is 2.64. The van der Waals surface area contributed by atoms with Crippen molar-refractivity contribution in [2.45, 2.75) is 26.3 Å². The molecule has 5 heteroatoms. The lowest BCUT2D eigenvalue weighted by Gasteiger charge is -2.15. The molecule has 0 unspecified atom stereocenters. The van der Waals surface area contributed by atoms with E-state index < -0.39 is 13.0 Å². The monoisotopic (exact) mass is 220 g/mol. The Balaban J connectivity index is 3.11. The van der Waals surface area contributed by atoms with E-state index in [2.05, 4.69) is 4.74 Å². The van der Waals surface area contributed by atoms with Gasteiger partial charge in [-0.3, -0.25) is 0 Å². The molecule has 84 valence electrons. The number of aliphatic hydroxyl groups is 1. The van der Waals surface area contributed by atoms with Crippen LogP contribution < -0.4 is 4.74 Å². The van der Waals surface area contributed by atoms with E-state index in [0.717, 1.165) is 0 Å². The van der Waals surface area contributed by atoms with Crippen molar-refractivity contribution in [2.75, 3.05) is 0 Å². The third kappa shape index (κ3) is 3.13. The van der Waals surface area contributed by atoms with E-state index in [1.807, 2.05) is 0 Å². The van der Waals surface area contributed by atoms with Gasteiger partial charge in [-0.15, -0.1) is 13.2 Å². The van der Waals surface area contributed by atoms with Crippen molar-refractivity contribution in [3.8, 4) is 5.75 Å². The average molecular weight is 220 g/mol. The minimum Gasteiger partial charge on any atom is -0.405 e. The molecule has 0 atom stereocenters. The van der Waals surface area contributed by atoms with E-state index >= 15 is 0 Å². The van der Waals surface area contributed by atoms with E-state index in [1.165, 1.54) is 6.07 Å². The maximum atomic E-state index is 12.1. The fourth-order valence-corrected chi connectivity index (χ4v) is 1.29. The van der Waals surface area contributed by atoms with Gasteiger partial charge >= 0.3 is 6.36 Å². The molecule has 0 spiro atoms. The molecule has 1 aromatic carbocycles. The summed E-state index contributed by atoms with van der Waals surface area (Å²) in [5.74, 6) is -0.282. The van der Waals surface area contributed by atoms with Gasteiger partial charge in [-0.05, 0) is 12.0 Å². The quantitative estimate of drug-likeness (QED) is 0.848. The van der Waals surface area contributed by atoms with Gasteiger partial charge in [-0.2, -0.15) is 0 Å². The molecule has 15 heavy (non-hydrogen) atoms. The maximum absolute atomic E-state index is 12.1. The SMILES string of the molecule is CCc1cccc(CO)c1OC(F)(F)F. The third-order valence-electron chi connectivity index (χ3n) is 1.95. The number of benzene rings is 1. The van der Waals surface area contributed by atoms with Crippen LogP contribution >= 0.6 is 0 Å². The smallest absolute Gasteiger partial charge is 0.405 e. The molecular weight excluding hydrogens is 209 g/mol. The lowest BCUT2D eigenvalue weighted by atomic mass is 10.1. The second-order valence-corrected chi connectivity index (χ2v) is 2.96. The Kier molecular flexibility index (Phi) is 3.57. The molecular formula is C10H11F3O2. The van der Waals surface area contributed by atoms with Crippen LogP contribution in [-0.2, 0) is 13.0 Å². The number of hydrogen-bond donors (Lipinski definition) is 1. The summed E-state index contributed by atoms with van der Waals surface area (Å²) in [5, 5.41) is 8.89. The molecule has 1 N–H and O–H groups in total. The van der Waals surface area contributed by atoms with Crippen LogP contribution in [0.5, 0.6) is 5.75 Å². The number of ether oxygens (including phenoxy) is 1. The van der Waals surface area contributed by atoms with Gasteiger partial charge in [0.2, 0.25) is 0 Å². The second-order valence-electron chi connectivity index (χ2n) is 2.96. The first-order valence-electron chi connectivity index (χ1n) is 4.45. The summed E-state index contributed by atoms with van der Waals surface area (Å²) in [6.45, 7) is 1.25. The zero-order valence-electron chi connectivity index (χ0n) is 8.14. The van der Waals surface area contributed by atoms with Gasteiger partial charge in [0.25, 0.3) is 0 Å². The van der Waals surface area contributed by atoms with E-state index in [9.17, 15) is 13.2 Å². The van der Waals surface area contributed by atoms with E-state index in [4.69, 9.17) is 5.11 Å². The Bertz CT molecular complexity index is 312. The number of rotatable bonds is 3. The molecule has 0 fully saturated rings. The third-order valence-corrected chi connectivity index (χ3v) is 1.95. The van der Waals surface area contributed by atoms with Gasteiger partial charge in [-0.25, -0.2) is 0 Å². The van der Waals surface area contributed by atoms with Crippen LogP contribution in [0.3, 0.4) is 0 Å². The fraction of sp³-hybridized carbons (Fsp3) is 0.400. The lowest BCUT2D eigenvalue weighted by molar-refractivity contribution is -0.275. The van der Waals surface area contributed by atoms with Crippen LogP contribution in [0, 0.1) is 0 Å².